The number of ether oxygens (including phenoxy) is 2. The van der Waals surface area contributed by atoms with E-state index in [0.717, 1.165) is 16.9 Å². The molecule has 0 spiro atoms. The highest BCUT2D eigenvalue weighted by Gasteiger charge is 2.12. The highest BCUT2D eigenvalue weighted by atomic mass is 35.5. The molecule has 0 aliphatic carbocycles. The fraction of sp³-hybridized carbons (Fsp3) is 0.235. The molecule has 2 aromatic carbocycles. The van der Waals surface area contributed by atoms with Crippen LogP contribution in [-0.4, -0.2) is 19.2 Å². The van der Waals surface area contributed by atoms with Gasteiger partial charge in [-0.25, -0.2) is 4.79 Å². The third-order valence-electron chi connectivity index (χ3n) is 3.49. The van der Waals surface area contributed by atoms with E-state index in [0.29, 0.717) is 36.2 Å². The van der Waals surface area contributed by atoms with Crippen LogP contribution in [0.25, 0.3) is 0 Å². The van der Waals surface area contributed by atoms with E-state index < -0.39 is 0 Å². The Labute approximate surface area is 139 Å². The molecule has 0 radical (unpaired) electrons. The molecule has 3 rings (SSSR count). The van der Waals surface area contributed by atoms with Crippen molar-refractivity contribution in [2.24, 2.45) is 0 Å². The van der Waals surface area contributed by atoms with E-state index in [1.54, 1.807) is 6.07 Å². The first kappa shape index (κ1) is 15.5. The SMILES string of the molecule is Cc1ccc(NC(=O)NCc2ccc3c(c2)OCCO3)cc1Cl. The van der Waals surface area contributed by atoms with Crippen LogP contribution in [0, 0.1) is 6.92 Å². The number of rotatable bonds is 3. The van der Waals surface area contributed by atoms with Gasteiger partial charge in [-0.1, -0.05) is 23.7 Å². The quantitative estimate of drug-likeness (QED) is 0.900. The summed E-state index contributed by atoms with van der Waals surface area (Å²) in [5.41, 5.74) is 2.56. The smallest absolute Gasteiger partial charge is 0.319 e. The van der Waals surface area contributed by atoms with Crippen LogP contribution in [0.15, 0.2) is 36.4 Å². The summed E-state index contributed by atoms with van der Waals surface area (Å²) in [6.45, 7) is 3.40. The number of amides is 2. The van der Waals surface area contributed by atoms with Crippen molar-refractivity contribution in [3.63, 3.8) is 0 Å². The second-order valence-corrected chi connectivity index (χ2v) is 5.66. The Hall–Kier alpha value is -2.40. The van der Waals surface area contributed by atoms with Gasteiger partial charge in [0.1, 0.15) is 13.2 Å². The maximum absolute atomic E-state index is 11.9. The molecule has 1 heterocycles. The van der Waals surface area contributed by atoms with Gasteiger partial charge in [0.2, 0.25) is 0 Å². The Kier molecular flexibility index (Phi) is 4.57. The van der Waals surface area contributed by atoms with Gasteiger partial charge < -0.3 is 20.1 Å². The van der Waals surface area contributed by atoms with Crippen molar-refractivity contribution in [2.45, 2.75) is 13.5 Å². The molecule has 5 nitrogen and oxygen atoms in total. The number of nitrogens with one attached hydrogen (secondary N) is 2. The summed E-state index contributed by atoms with van der Waals surface area (Å²) >= 11 is 6.04. The largest absolute Gasteiger partial charge is 0.486 e. The first-order valence-electron chi connectivity index (χ1n) is 7.31. The van der Waals surface area contributed by atoms with Crippen LogP contribution in [0.5, 0.6) is 11.5 Å². The maximum Gasteiger partial charge on any atom is 0.319 e. The van der Waals surface area contributed by atoms with Crippen LogP contribution in [0.3, 0.4) is 0 Å². The molecule has 6 heteroatoms. The summed E-state index contributed by atoms with van der Waals surface area (Å²) < 4.78 is 11.0. The number of carbonyl (C=O) groups is 1. The molecule has 0 atom stereocenters. The Morgan fingerprint density at radius 1 is 1.13 bits per heavy atom. The Morgan fingerprint density at radius 3 is 2.70 bits per heavy atom. The van der Waals surface area contributed by atoms with Gasteiger partial charge in [-0.05, 0) is 42.3 Å². The number of benzene rings is 2. The summed E-state index contributed by atoms with van der Waals surface area (Å²) in [6.07, 6.45) is 0. The molecule has 2 aromatic rings. The number of halogens is 1. The topological polar surface area (TPSA) is 59.6 Å². The number of aryl methyl sites for hydroxylation is 1. The highest BCUT2D eigenvalue weighted by Crippen LogP contribution is 2.30. The zero-order valence-electron chi connectivity index (χ0n) is 12.7. The van der Waals surface area contributed by atoms with Crippen LogP contribution >= 0.6 is 11.6 Å². The van der Waals surface area contributed by atoms with Gasteiger partial charge in [-0.3, -0.25) is 0 Å². The van der Waals surface area contributed by atoms with Crippen LogP contribution in [0.1, 0.15) is 11.1 Å². The van der Waals surface area contributed by atoms with E-state index in [1.807, 2.05) is 37.3 Å². The van der Waals surface area contributed by atoms with Gasteiger partial charge in [0.25, 0.3) is 0 Å². The Morgan fingerprint density at radius 2 is 1.91 bits per heavy atom. The van der Waals surface area contributed by atoms with E-state index in [9.17, 15) is 4.79 Å². The van der Waals surface area contributed by atoms with Gasteiger partial charge >= 0.3 is 6.03 Å². The first-order valence-corrected chi connectivity index (χ1v) is 7.69. The predicted octanol–water partition coefficient (Wildman–Crippen LogP) is 3.74. The van der Waals surface area contributed by atoms with E-state index in [-0.39, 0.29) is 6.03 Å². The average Bonchev–Trinajstić information content (AvgIpc) is 2.56. The molecule has 23 heavy (non-hydrogen) atoms. The van der Waals surface area contributed by atoms with Crippen LogP contribution in [-0.2, 0) is 6.54 Å². The van der Waals surface area contributed by atoms with Crippen LogP contribution in [0.4, 0.5) is 10.5 Å². The summed E-state index contributed by atoms with van der Waals surface area (Å²) in [6, 6.07) is 10.7. The van der Waals surface area contributed by atoms with Crippen LogP contribution in [0.2, 0.25) is 5.02 Å². The lowest BCUT2D eigenvalue weighted by molar-refractivity contribution is 0.171. The van der Waals surface area contributed by atoms with Gasteiger partial charge in [-0.15, -0.1) is 0 Å². The maximum atomic E-state index is 11.9. The molecule has 0 fully saturated rings. The van der Waals surface area contributed by atoms with Crippen molar-refractivity contribution >= 4 is 23.3 Å². The fourth-order valence-electron chi connectivity index (χ4n) is 2.23. The van der Waals surface area contributed by atoms with Gasteiger partial charge in [0.05, 0.1) is 0 Å². The Bertz CT molecular complexity index is 734. The second kappa shape index (κ2) is 6.79. The van der Waals surface area contributed by atoms with E-state index >= 15 is 0 Å². The number of carbonyl (C=O) groups excluding carboxylic acids is 1. The molecule has 0 unspecified atom stereocenters. The van der Waals surface area contributed by atoms with Crippen molar-refractivity contribution in [3.05, 3.63) is 52.5 Å². The molecule has 0 saturated heterocycles. The molecular weight excluding hydrogens is 316 g/mol. The standard InChI is InChI=1S/C17H17ClN2O3/c1-11-2-4-13(9-14(11)18)20-17(21)19-10-12-3-5-15-16(8-12)23-7-6-22-15/h2-5,8-9H,6-7,10H2,1H3,(H2,19,20,21). The first-order chi connectivity index (χ1) is 11.1. The van der Waals surface area contributed by atoms with Gasteiger partial charge in [-0.2, -0.15) is 0 Å². The molecule has 0 aromatic heterocycles. The van der Waals surface area contributed by atoms with E-state index in [4.69, 9.17) is 21.1 Å². The third kappa shape index (κ3) is 3.87. The van der Waals surface area contributed by atoms with Gasteiger partial charge in [0.15, 0.2) is 11.5 Å². The third-order valence-corrected chi connectivity index (χ3v) is 3.90. The predicted molar refractivity (Wildman–Crippen MR) is 89.5 cm³/mol. The van der Waals surface area contributed by atoms with E-state index in [1.165, 1.54) is 0 Å². The number of hydrogen-bond acceptors (Lipinski definition) is 3. The molecule has 120 valence electrons. The lowest BCUT2D eigenvalue weighted by Crippen LogP contribution is -2.28. The minimum Gasteiger partial charge on any atom is -0.486 e. The zero-order chi connectivity index (χ0) is 16.2. The zero-order valence-corrected chi connectivity index (χ0v) is 13.4. The Balaban J connectivity index is 1.57. The van der Waals surface area contributed by atoms with E-state index in [2.05, 4.69) is 10.6 Å². The molecule has 0 bridgehead atoms. The summed E-state index contributed by atoms with van der Waals surface area (Å²) in [4.78, 5) is 11.9. The number of anilines is 1. The number of fused-ring (bicyclic) bond motifs is 1. The minimum atomic E-state index is -0.292. The van der Waals surface area contributed by atoms with Crippen LogP contribution < -0.4 is 20.1 Å². The van der Waals surface area contributed by atoms with Crippen molar-refractivity contribution < 1.29 is 14.3 Å². The summed E-state index contributed by atoms with van der Waals surface area (Å²) in [5, 5.41) is 6.17. The summed E-state index contributed by atoms with van der Waals surface area (Å²) in [5.74, 6) is 1.44. The van der Waals surface area contributed by atoms with Crippen molar-refractivity contribution in [1.82, 2.24) is 5.32 Å². The number of urea groups is 1. The second-order valence-electron chi connectivity index (χ2n) is 5.25. The lowest BCUT2D eigenvalue weighted by Gasteiger charge is -2.19. The average molecular weight is 333 g/mol. The minimum absolute atomic E-state index is 0.292. The molecule has 0 saturated carbocycles. The molecule has 1 aliphatic heterocycles. The molecule has 1 aliphatic rings. The fourth-order valence-corrected chi connectivity index (χ4v) is 2.41. The number of hydrogen-bond donors (Lipinski definition) is 2. The monoisotopic (exact) mass is 332 g/mol. The van der Waals surface area contributed by atoms with Crippen molar-refractivity contribution in [2.75, 3.05) is 18.5 Å². The summed E-state index contributed by atoms with van der Waals surface area (Å²) in [7, 11) is 0. The molecule has 2 amide bonds. The normalized spacial score (nSPS) is 12.6. The molecular formula is C17H17ClN2O3. The van der Waals surface area contributed by atoms with Gasteiger partial charge in [0, 0.05) is 17.3 Å². The highest BCUT2D eigenvalue weighted by molar-refractivity contribution is 6.31. The van der Waals surface area contributed by atoms with Crippen molar-refractivity contribution in [1.29, 1.82) is 0 Å². The van der Waals surface area contributed by atoms with Crippen molar-refractivity contribution in [3.8, 4) is 11.5 Å². The lowest BCUT2D eigenvalue weighted by atomic mass is 10.2. The molecule has 2 N–H and O–H groups in total.